The topological polar surface area (TPSA) is 104 Å². The van der Waals surface area contributed by atoms with Crippen LogP contribution in [0.1, 0.15) is 11.7 Å². The van der Waals surface area contributed by atoms with Crippen LogP contribution in [0.2, 0.25) is 0 Å². The normalized spacial score (nSPS) is 13.5. The number of aliphatic hydroxyl groups is 2. The quantitative estimate of drug-likeness (QED) is 0.646. The first-order valence-corrected chi connectivity index (χ1v) is 5.78. The smallest absolute Gasteiger partial charge is 0.298 e. The summed E-state index contributed by atoms with van der Waals surface area (Å²) in [6, 6.07) is 3.62. The van der Waals surface area contributed by atoms with E-state index in [9.17, 15) is 13.5 Å². The van der Waals surface area contributed by atoms with Gasteiger partial charge in [-0.1, -0.05) is 6.07 Å². The lowest BCUT2D eigenvalue weighted by Crippen LogP contribution is -2.06. The molecule has 1 unspecified atom stereocenters. The van der Waals surface area contributed by atoms with E-state index in [2.05, 4.69) is 0 Å². The van der Waals surface area contributed by atoms with Gasteiger partial charge in [0.05, 0.1) is 13.7 Å². The number of benzene rings is 1. The molecular weight excluding hydrogens is 236 g/mol. The number of aliphatic hydroxyl groups excluding tert-OH is 2. The van der Waals surface area contributed by atoms with E-state index in [1.165, 1.54) is 19.2 Å². The molecule has 16 heavy (non-hydrogen) atoms. The summed E-state index contributed by atoms with van der Waals surface area (Å²) in [7, 11) is -3.13. The van der Waals surface area contributed by atoms with Crippen LogP contribution in [0.15, 0.2) is 23.1 Å². The van der Waals surface area contributed by atoms with Gasteiger partial charge in [0.1, 0.15) is 16.7 Å². The standard InChI is InChI=1S/C9H12O6S/c1-15-8-4-6(7(11)5-10)2-3-9(8)16(12,13)14/h2-4,7,10-11H,5H2,1H3,(H,12,13,14). The summed E-state index contributed by atoms with van der Waals surface area (Å²) in [5.41, 5.74) is 0.298. The van der Waals surface area contributed by atoms with Crippen LogP contribution in [-0.2, 0) is 10.1 Å². The predicted molar refractivity (Wildman–Crippen MR) is 54.9 cm³/mol. The molecule has 0 saturated carbocycles. The van der Waals surface area contributed by atoms with Crippen LogP contribution in [0.4, 0.5) is 0 Å². The number of rotatable bonds is 4. The van der Waals surface area contributed by atoms with E-state index < -0.39 is 22.8 Å². The molecule has 6 nitrogen and oxygen atoms in total. The van der Waals surface area contributed by atoms with Gasteiger partial charge in [0.15, 0.2) is 0 Å². The van der Waals surface area contributed by atoms with Crippen molar-refractivity contribution in [2.75, 3.05) is 13.7 Å². The van der Waals surface area contributed by atoms with Gasteiger partial charge in [0.25, 0.3) is 10.1 Å². The zero-order valence-corrected chi connectivity index (χ0v) is 9.31. The highest BCUT2D eigenvalue weighted by molar-refractivity contribution is 7.86. The van der Waals surface area contributed by atoms with E-state index >= 15 is 0 Å². The Morgan fingerprint density at radius 2 is 2.06 bits per heavy atom. The molecule has 0 spiro atoms. The molecule has 0 amide bonds. The molecule has 90 valence electrons. The Hall–Kier alpha value is -1.15. The Morgan fingerprint density at radius 1 is 1.44 bits per heavy atom. The Bertz CT molecular complexity index is 467. The third kappa shape index (κ3) is 2.70. The Labute approximate surface area is 92.9 Å². The van der Waals surface area contributed by atoms with E-state index in [0.717, 1.165) is 6.07 Å². The van der Waals surface area contributed by atoms with Crippen LogP contribution in [0, 0.1) is 0 Å². The lowest BCUT2D eigenvalue weighted by atomic mass is 10.1. The van der Waals surface area contributed by atoms with Crippen molar-refractivity contribution in [1.29, 1.82) is 0 Å². The number of hydrogen-bond acceptors (Lipinski definition) is 5. The van der Waals surface area contributed by atoms with Gasteiger partial charge in [-0.15, -0.1) is 0 Å². The molecule has 7 heteroatoms. The predicted octanol–water partition coefficient (Wildman–Crippen LogP) is -0.0324. The monoisotopic (exact) mass is 248 g/mol. The van der Waals surface area contributed by atoms with Crippen molar-refractivity contribution in [2.45, 2.75) is 11.0 Å². The zero-order chi connectivity index (χ0) is 12.3. The van der Waals surface area contributed by atoms with E-state index in [-0.39, 0.29) is 10.6 Å². The Kier molecular flexibility index (Phi) is 3.87. The molecule has 0 saturated heterocycles. The molecule has 0 aliphatic heterocycles. The molecular formula is C9H12O6S. The van der Waals surface area contributed by atoms with Gasteiger partial charge in [-0.05, 0) is 17.7 Å². The molecule has 0 aromatic heterocycles. The lowest BCUT2D eigenvalue weighted by molar-refractivity contribution is 0.0953. The maximum Gasteiger partial charge on any atom is 0.298 e. The van der Waals surface area contributed by atoms with Gasteiger partial charge in [0.2, 0.25) is 0 Å². The van der Waals surface area contributed by atoms with Crippen LogP contribution >= 0.6 is 0 Å². The summed E-state index contributed by atoms with van der Waals surface area (Å²) in [6.45, 7) is -0.492. The third-order valence-corrected chi connectivity index (χ3v) is 2.92. The van der Waals surface area contributed by atoms with E-state index in [4.69, 9.17) is 14.4 Å². The maximum absolute atomic E-state index is 10.9. The molecule has 0 fully saturated rings. The van der Waals surface area contributed by atoms with Gasteiger partial charge >= 0.3 is 0 Å². The van der Waals surface area contributed by atoms with Crippen LogP contribution < -0.4 is 4.74 Å². The van der Waals surface area contributed by atoms with Crippen molar-refractivity contribution in [1.82, 2.24) is 0 Å². The summed E-state index contributed by atoms with van der Waals surface area (Å²) in [4.78, 5) is -0.385. The van der Waals surface area contributed by atoms with Crippen molar-refractivity contribution < 1.29 is 27.9 Å². The number of ether oxygens (including phenoxy) is 1. The van der Waals surface area contributed by atoms with Crippen molar-refractivity contribution >= 4 is 10.1 Å². The minimum absolute atomic E-state index is 0.0903. The van der Waals surface area contributed by atoms with Gasteiger partial charge in [0, 0.05) is 0 Å². The molecule has 0 radical (unpaired) electrons. The fourth-order valence-electron chi connectivity index (χ4n) is 1.21. The average Bonchev–Trinajstić information content (AvgIpc) is 2.25. The summed E-state index contributed by atoms with van der Waals surface area (Å²) in [5.74, 6) is -0.0903. The first-order chi connectivity index (χ1) is 7.40. The van der Waals surface area contributed by atoms with Crippen LogP contribution in [0.3, 0.4) is 0 Å². The molecule has 0 bridgehead atoms. The minimum atomic E-state index is -4.36. The molecule has 1 atom stereocenters. The second-order valence-corrected chi connectivity index (χ2v) is 4.47. The van der Waals surface area contributed by atoms with Crippen molar-refractivity contribution in [2.24, 2.45) is 0 Å². The van der Waals surface area contributed by atoms with Gasteiger partial charge in [-0.25, -0.2) is 0 Å². The molecule has 0 aliphatic rings. The maximum atomic E-state index is 10.9. The second kappa shape index (κ2) is 4.79. The fraction of sp³-hybridized carbons (Fsp3) is 0.333. The summed E-state index contributed by atoms with van der Waals surface area (Å²) in [5, 5.41) is 18.0. The lowest BCUT2D eigenvalue weighted by Gasteiger charge is -2.11. The summed E-state index contributed by atoms with van der Waals surface area (Å²) >= 11 is 0. The highest BCUT2D eigenvalue weighted by atomic mass is 32.2. The number of methoxy groups -OCH3 is 1. The highest BCUT2D eigenvalue weighted by Crippen LogP contribution is 2.27. The first kappa shape index (κ1) is 12.9. The third-order valence-electron chi connectivity index (χ3n) is 2.02. The average molecular weight is 248 g/mol. The molecule has 0 aliphatic carbocycles. The number of hydrogen-bond donors (Lipinski definition) is 3. The Balaban J connectivity index is 3.28. The molecule has 1 aromatic carbocycles. The van der Waals surface area contributed by atoms with Crippen LogP contribution in [-0.4, -0.2) is 36.9 Å². The molecule has 1 rings (SSSR count). The van der Waals surface area contributed by atoms with Crippen LogP contribution in [0.5, 0.6) is 5.75 Å². The highest BCUT2D eigenvalue weighted by Gasteiger charge is 2.18. The minimum Gasteiger partial charge on any atom is -0.495 e. The van der Waals surface area contributed by atoms with E-state index in [1.807, 2.05) is 0 Å². The fourth-order valence-corrected chi connectivity index (χ4v) is 1.85. The summed E-state index contributed by atoms with van der Waals surface area (Å²) in [6.07, 6.45) is -1.12. The van der Waals surface area contributed by atoms with Crippen molar-refractivity contribution in [3.05, 3.63) is 23.8 Å². The van der Waals surface area contributed by atoms with Gasteiger partial charge in [-0.2, -0.15) is 8.42 Å². The summed E-state index contributed by atoms with van der Waals surface area (Å²) < 4.78 is 35.5. The van der Waals surface area contributed by atoms with E-state index in [0.29, 0.717) is 5.56 Å². The van der Waals surface area contributed by atoms with Crippen LogP contribution in [0.25, 0.3) is 0 Å². The first-order valence-electron chi connectivity index (χ1n) is 4.34. The van der Waals surface area contributed by atoms with Gasteiger partial charge < -0.3 is 14.9 Å². The zero-order valence-electron chi connectivity index (χ0n) is 8.49. The van der Waals surface area contributed by atoms with Crippen molar-refractivity contribution in [3.8, 4) is 5.75 Å². The van der Waals surface area contributed by atoms with Crippen molar-refractivity contribution in [3.63, 3.8) is 0 Å². The van der Waals surface area contributed by atoms with E-state index in [1.54, 1.807) is 0 Å². The molecule has 1 aromatic rings. The van der Waals surface area contributed by atoms with Gasteiger partial charge in [-0.3, -0.25) is 4.55 Å². The second-order valence-electron chi connectivity index (χ2n) is 3.08. The molecule has 3 N–H and O–H groups in total. The molecule has 0 heterocycles. The Morgan fingerprint density at radius 3 is 2.50 bits per heavy atom. The SMILES string of the molecule is COc1cc(C(O)CO)ccc1S(=O)(=O)O. The largest absolute Gasteiger partial charge is 0.495 e.